The Labute approximate surface area is 169 Å². The number of nitrogens with zero attached hydrogens (tertiary/aromatic N) is 3. The Balaban J connectivity index is 1.46. The van der Waals surface area contributed by atoms with Gasteiger partial charge >= 0.3 is 0 Å². The molecule has 2 fully saturated rings. The molecule has 2 aromatic rings. The lowest BCUT2D eigenvalue weighted by atomic mass is 9.89. The minimum atomic E-state index is -0.387. The first-order valence-corrected chi connectivity index (χ1v) is 10.1. The number of nitro groups is 1. The summed E-state index contributed by atoms with van der Waals surface area (Å²) in [4.78, 5) is 28.0. The van der Waals surface area contributed by atoms with Gasteiger partial charge in [-0.05, 0) is 61.4 Å². The first-order valence-electron chi connectivity index (χ1n) is 10.1. The highest BCUT2D eigenvalue weighted by Gasteiger charge is 2.28. The summed E-state index contributed by atoms with van der Waals surface area (Å²) in [6.45, 7) is 2.87. The van der Waals surface area contributed by atoms with Crippen molar-refractivity contribution in [3.8, 4) is 5.75 Å². The van der Waals surface area contributed by atoms with Gasteiger partial charge in [0, 0.05) is 37.8 Å². The molecule has 0 unspecified atom stereocenters. The summed E-state index contributed by atoms with van der Waals surface area (Å²) >= 11 is 0. The highest BCUT2D eigenvalue weighted by molar-refractivity contribution is 5.96. The van der Waals surface area contributed by atoms with Crippen LogP contribution >= 0.6 is 0 Å². The van der Waals surface area contributed by atoms with E-state index in [1.54, 1.807) is 29.2 Å². The Morgan fingerprint density at radius 2 is 1.66 bits per heavy atom. The van der Waals surface area contributed by atoms with Crippen LogP contribution in [0, 0.1) is 10.1 Å². The monoisotopic (exact) mass is 395 g/mol. The standard InChI is InChI=1S/C22H25N3O4/c26-19-6-3-16(4-7-19)17-9-13-24(14-10-17)22(27)18-5-8-20(21(15-18)25(28)29)23-11-1-2-12-23/h3-8,15,17,26H,1-2,9-14H2. The normalized spacial score (nSPS) is 17.5. The summed E-state index contributed by atoms with van der Waals surface area (Å²) in [5.41, 5.74) is 2.16. The van der Waals surface area contributed by atoms with Gasteiger partial charge in [-0.25, -0.2) is 0 Å². The van der Waals surface area contributed by atoms with Crippen LogP contribution in [-0.4, -0.2) is 47.0 Å². The molecule has 7 heteroatoms. The van der Waals surface area contributed by atoms with Crippen LogP contribution in [0.5, 0.6) is 5.75 Å². The number of nitro benzene ring substituents is 1. The molecule has 29 heavy (non-hydrogen) atoms. The van der Waals surface area contributed by atoms with Crippen molar-refractivity contribution in [2.45, 2.75) is 31.6 Å². The second-order valence-corrected chi connectivity index (χ2v) is 7.81. The second-order valence-electron chi connectivity index (χ2n) is 7.81. The third-order valence-electron chi connectivity index (χ3n) is 6.01. The van der Waals surface area contributed by atoms with Crippen molar-refractivity contribution in [2.75, 3.05) is 31.1 Å². The van der Waals surface area contributed by atoms with Gasteiger partial charge in [0.05, 0.1) is 4.92 Å². The summed E-state index contributed by atoms with van der Waals surface area (Å²) < 4.78 is 0. The van der Waals surface area contributed by atoms with E-state index in [0.717, 1.165) is 38.8 Å². The third kappa shape index (κ3) is 4.04. The van der Waals surface area contributed by atoms with Crippen molar-refractivity contribution in [3.63, 3.8) is 0 Å². The average Bonchev–Trinajstić information content (AvgIpc) is 3.28. The lowest BCUT2D eigenvalue weighted by Crippen LogP contribution is -2.38. The number of phenolic OH excluding ortho intramolecular Hbond substituents is 1. The third-order valence-corrected chi connectivity index (χ3v) is 6.01. The molecule has 0 aromatic heterocycles. The summed E-state index contributed by atoms with van der Waals surface area (Å²) in [5.74, 6) is 0.456. The number of carbonyl (C=O) groups is 1. The smallest absolute Gasteiger partial charge is 0.293 e. The van der Waals surface area contributed by atoms with Gasteiger partial charge in [0.2, 0.25) is 0 Å². The molecule has 1 N–H and O–H groups in total. The van der Waals surface area contributed by atoms with Crippen LogP contribution in [0.25, 0.3) is 0 Å². The largest absolute Gasteiger partial charge is 0.508 e. The number of phenols is 1. The number of carbonyl (C=O) groups excluding carboxylic acids is 1. The average molecular weight is 395 g/mol. The zero-order valence-corrected chi connectivity index (χ0v) is 16.3. The number of piperidine rings is 1. The molecule has 1 amide bonds. The number of likely N-dealkylation sites (tertiary alicyclic amines) is 1. The van der Waals surface area contributed by atoms with Crippen LogP contribution in [0.4, 0.5) is 11.4 Å². The van der Waals surface area contributed by atoms with Crippen molar-refractivity contribution >= 4 is 17.3 Å². The maximum Gasteiger partial charge on any atom is 0.293 e. The van der Waals surface area contributed by atoms with Crippen LogP contribution in [0.2, 0.25) is 0 Å². The Morgan fingerprint density at radius 1 is 1.00 bits per heavy atom. The summed E-state index contributed by atoms with van der Waals surface area (Å²) in [6, 6.07) is 12.1. The number of anilines is 1. The first-order chi connectivity index (χ1) is 14.0. The van der Waals surface area contributed by atoms with Gasteiger partial charge in [0.15, 0.2) is 0 Å². The molecule has 4 rings (SSSR count). The molecule has 152 valence electrons. The summed E-state index contributed by atoms with van der Waals surface area (Å²) in [6.07, 6.45) is 3.75. The van der Waals surface area contributed by atoms with E-state index in [0.29, 0.717) is 30.3 Å². The number of hydrogen-bond acceptors (Lipinski definition) is 5. The predicted molar refractivity (Wildman–Crippen MR) is 111 cm³/mol. The molecular formula is C22H25N3O4. The van der Waals surface area contributed by atoms with E-state index in [1.165, 1.54) is 11.6 Å². The van der Waals surface area contributed by atoms with Gasteiger partial charge in [0.25, 0.3) is 11.6 Å². The molecule has 0 spiro atoms. The van der Waals surface area contributed by atoms with E-state index in [9.17, 15) is 20.0 Å². The van der Waals surface area contributed by atoms with Crippen LogP contribution in [-0.2, 0) is 0 Å². The second kappa shape index (κ2) is 8.11. The minimum Gasteiger partial charge on any atom is -0.508 e. The van der Waals surface area contributed by atoms with E-state index >= 15 is 0 Å². The maximum atomic E-state index is 13.0. The van der Waals surface area contributed by atoms with E-state index < -0.39 is 0 Å². The molecular weight excluding hydrogens is 370 g/mol. The molecule has 2 aliphatic rings. The lowest BCUT2D eigenvalue weighted by molar-refractivity contribution is -0.384. The Kier molecular flexibility index (Phi) is 5.38. The highest BCUT2D eigenvalue weighted by atomic mass is 16.6. The SMILES string of the molecule is O=C(c1ccc(N2CCCC2)c([N+](=O)[O-])c1)N1CCC(c2ccc(O)cc2)CC1. The Morgan fingerprint density at radius 3 is 2.28 bits per heavy atom. The van der Waals surface area contributed by atoms with E-state index in [-0.39, 0.29) is 22.3 Å². The van der Waals surface area contributed by atoms with Gasteiger partial charge in [0.1, 0.15) is 11.4 Å². The highest BCUT2D eigenvalue weighted by Crippen LogP contribution is 2.33. The van der Waals surface area contributed by atoms with Crippen molar-refractivity contribution in [1.82, 2.24) is 4.90 Å². The molecule has 2 aliphatic heterocycles. The molecule has 0 radical (unpaired) electrons. The first kappa shape index (κ1) is 19.2. The van der Waals surface area contributed by atoms with Crippen LogP contribution < -0.4 is 4.90 Å². The van der Waals surface area contributed by atoms with Gasteiger partial charge in [-0.15, -0.1) is 0 Å². The number of rotatable bonds is 4. The van der Waals surface area contributed by atoms with Crippen molar-refractivity contribution < 1.29 is 14.8 Å². The number of benzene rings is 2. The Bertz CT molecular complexity index is 899. The maximum absolute atomic E-state index is 13.0. The number of hydrogen-bond donors (Lipinski definition) is 1. The van der Waals surface area contributed by atoms with Crippen molar-refractivity contribution in [1.29, 1.82) is 0 Å². The van der Waals surface area contributed by atoms with Gasteiger partial charge in [-0.2, -0.15) is 0 Å². The van der Waals surface area contributed by atoms with E-state index in [1.807, 2.05) is 17.0 Å². The van der Waals surface area contributed by atoms with Gasteiger partial charge in [-0.3, -0.25) is 14.9 Å². The number of aromatic hydroxyl groups is 1. The van der Waals surface area contributed by atoms with Gasteiger partial charge < -0.3 is 14.9 Å². The van der Waals surface area contributed by atoms with Crippen molar-refractivity contribution in [2.24, 2.45) is 0 Å². The molecule has 2 aromatic carbocycles. The zero-order chi connectivity index (χ0) is 20.4. The molecule has 0 aliphatic carbocycles. The van der Waals surface area contributed by atoms with Crippen molar-refractivity contribution in [3.05, 3.63) is 63.7 Å². The zero-order valence-electron chi connectivity index (χ0n) is 16.3. The quantitative estimate of drug-likeness (QED) is 0.626. The molecule has 0 saturated carbocycles. The van der Waals surface area contributed by atoms with Crippen LogP contribution in [0.1, 0.15) is 47.5 Å². The Hall–Kier alpha value is -3.09. The fourth-order valence-corrected chi connectivity index (χ4v) is 4.37. The molecule has 2 heterocycles. The predicted octanol–water partition coefficient (Wildman–Crippen LogP) is 3.92. The molecule has 0 bridgehead atoms. The van der Waals surface area contributed by atoms with Crippen LogP contribution in [0.3, 0.4) is 0 Å². The fourth-order valence-electron chi connectivity index (χ4n) is 4.37. The van der Waals surface area contributed by atoms with E-state index in [4.69, 9.17) is 0 Å². The van der Waals surface area contributed by atoms with Crippen LogP contribution in [0.15, 0.2) is 42.5 Å². The number of amides is 1. The topological polar surface area (TPSA) is 86.9 Å². The lowest BCUT2D eigenvalue weighted by Gasteiger charge is -2.32. The summed E-state index contributed by atoms with van der Waals surface area (Å²) in [7, 11) is 0. The fraction of sp³-hybridized carbons (Fsp3) is 0.409. The summed E-state index contributed by atoms with van der Waals surface area (Å²) in [5, 5.41) is 21.0. The molecule has 0 atom stereocenters. The van der Waals surface area contributed by atoms with E-state index in [2.05, 4.69) is 0 Å². The minimum absolute atomic E-state index is 0.0109. The van der Waals surface area contributed by atoms with Gasteiger partial charge in [-0.1, -0.05) is 12.1 Å². The molecule has 2 saturated heterocycles. The molecule has 7 nitrogen and oxygen atoms in total.